The minimum absolute atomic E-state index is 0.191. The molecule has 0 bridgehead atoms. The van der Waals surface area contributed by atoms with E-state index in [-0.39, 0.29) is 12.3 Å². The molecule has 0 atom stereocenters. The molecule has 94 valence electrons. The number of pyridine rings is 1. The SMILES string of the molecule is N#CCc1cc(C(=O)Nc2ccccc2Br)ccn1. The van der Waals surface area contributed by atoms with Gasteiger partial charge in [-0.2, -0.15) is 5.26 Å². The summed E-state index contributed by atoms with van der Waals surface area (Å²) in [7, 11) is 0. The van der Waals surface area contributed by atoms with Crippen molar-refractivity contribution in [2.75, 3.05) is 5.32 Å². The third-order valence-corrected chi connectivity index (χ3v) is 3.15. The highest BCUT2D eigenvalue weighted by molar-refractivity contribution is 9.10. The van der Waals surface area contributed by atoms with Crippen molar-refractivity contribution in [3.05, 3.63) is 58.3 Å². The van der Waals surface area contributed by atoms with Crippen LogP contribution in [0.3, 0.4) is 0 Å². The van der Waals surface area contributed by atoms with Crippen molar-refractivity contribution in [3.63, 3.8) is 0 Å². The summed E-state index contributed by atoms with van der Waals surface area (Å²) in [6.07, 6.45) is 1.72. The van der Waals surface area contributed by atoms with E-state index in [0.29, 0.717) is 16.9 Å². The molecular formula is C14H10BrN3O. The van der Waals surface area contributed by atoms with Gasteiger partial charge in [0.15, 0.2) is 0 Å². The van der Waals surface area contributed by atoms with Gasteiger partial charge in [-0.3, -0.25) is 9.78 Å². The molecule has 4 nitrogen and oxygen atoms in total. The number of carbonyl (C=O) groups excluding carboxylic acids is 1. The number of carbonyl (C=O) groups is 1. The van der Waals surface area contributed by atoms with Crippen LogP contribution in [0.1, 0.15) is 16.1 Å². The van der Waals surface area contributed by atoms with E-state index in [0.717, 1.165) is 4.47 Å². The fourth-order valence-electron chi connectivity index (χ4n) is 1.55. The minimum Gasteiger partial charge on any atom is -0.321 e. The van der Waals surface area contributed by atoms with Gasteiger partial charge in [0.05, 0.1) is 23.9 Å². The Labute approximate surface area is 119 Å². The van der Waals surface area contributed by atoms with E-state index in [1.807, 2.05) is 24.3 Å². The average molecular weight is 316 g/mol. The summed E-state index contributed by atoms with van der Waals surface area (Å²) in [6, 6.07) is 12.6. The summed E-state index contributed by atoms with van der Waals surface area (Å²) < 4.78 is 0.814. The quantitative estimate of drug-likeness (QED) is 0.946. The van der Waals surface area contributed by atoms with Crippen LogP contribution in [0, 0.1) is 11.3 Å². The number of rotatable bonds is 3. The first kappa shape index (κ1) is 13.2. The number of nitriles is 1. The third-order valence-electron chi connectivity index (χ3n) is 2.46. The van der Waals surface area contributed by atoms with Gasteiger partial charge in [0.25, 0.3) is 5.91 Å². The van der Waals surface area contributed by atoms with Crippen molar-refractivity contribution in [3.8, 4) is 6.07 Å². The average Bonchev–Trinajstić information content (AvgIpc) is 2.42. The van der Waals surface area contributed by atoms with Crippen LogP contribution in [0.4, 0.5) is 5.69 Å². The lowest BCUT2D eigenvalue weighted by Gasteiger charge is -2.07. The standard InChI is InChI=1S/C14H10BrN3O/c15-12-3-1-2-4-13(12)18-14(19)10-6-8-17-11(9-10)5-7-16/h1-4,6,8-9H,5H2,(H,18,19). The molecule has 19 heavy (non-hydrogen) atoms. The Balaban J connectivity index is 2.19. The molecule has 0 aliphatic carbocycles. The Morgan fingerprint density at radius 3 is 2.89 bits per heavy atom. The highest BCUT2D eigenvalue weighted by Gasteiger charge is 2.08. The molecule has 0 radical (unpaired) electrons. The Morgan fingerprint density at radius 1 is 1.37 bits per heavy atom. The molecule has 0 unspecified atom stereocenters. The zero-order valence-corrected chi connectivity index (χ0v) is 11.5. The predicted molar refractivity (Wildman–Crippen MR) is 75.6 cm³/mol. The zero-order valence-electron chi connectivity index (χ0n) is 9.93. The van der Waals surface area contributed by atoms with E-state index in [1.54, 1.807) is 18.2 Å². The molecule has 0 saturated heterocycles. The Bertz CT molecular complexity index is 649. The number of nitrogens with zero attached hydrogens (tertiary/aromatic N) is 2. The monoisotopic (exact) mass is 315 g/mol. The van der Waals surface area contributed by atoms with Crippen molar-refractivity contribution in [2.24, 2.45) is 0 Å². The van der Waals surface area contributed by atoms with Crippen LogP contribution < -0.4 is 5.32 Å². The van der Waals surface area contributed by atoms with E-state index in [9.17, 15) is 4.79 Å². The van der Waals surface area contributed by atoms with Crippen LogP contribution >= 0.6 is 15.9 Å². The van der Waals surface area contributed by atoms with Gasteiger partial charge < -0.3 is 5.32 Å². The number of hydrogen-bond donors (Lipinski definition) is 1. The van der Waals surface area contributed by atoms with Crippen LogP contribution in [0.2, 0.25) is 0 Å². The van der Waals surface area contributed by atoms with Crippen molar-refractivity contribution in [1.29, 1.82) is 5.26 Å². The normalized spacial score (nSPS) is 9.68. The number of amides is 1. The number of halogens is 1. The summed E-state index contributed by atoms with van der Waals surface area (Å²) >= 11 is 3.37. The molecular weight excluding hydrogens is 306 g/mol. The molecule has 1 amide bonds. The molecule has 2 rings (SSSR count). The highest BCUT2D eigenvalue weighted by Crippen LogP contribution is 2.21. The molecule has 5 heteroatoms. The minimum atomic E-state index is -0.228. The summed E-state index contributed by atoms with van der Waals surface area (Å²) in [6.45, 7) is 0. The molecule has 1 aromatic heterocycles. The number of anilines is 1. The number of benzene rings is 1. The maximum Gasteiger partial charge on any atom is 0.255 e. The van der Waals surface area contributed by atoms with Crippen molar-refractivity contribution >= 4 is 27.5 Å². The summed E-state index contributed by atoms with van der Waals surface area (Å²) in [4.78, 5) is 16.1. The second kappa shape index (κ2) is 6.12. The van der Waals surface area contributed by atoms with E-state index < -0.39 is 0 Å². The number of nitrogens with one attached hydrogen (secondary N) is 1. The van der Waals surface area contributed by atoms with Crippen LogP contribution in [0.25, 0.3) is 0 Å². The number of hydrogen-bond acceptors (Lipinski definition) is 3. The molecule has 0 aliphatic heterocycles. The van der Waals surface area contributed by atoms with Crippen molar-refractivity contribution < 1.29 is 4.79 Å². The molecule has 0 aliphatic rings. The van der Waals surface area contributed by atoms with Crippen LogP contribution in [0.15, 0.2) is 47.1 Å². The molecule has 1 N–H and O–H groups in total. The zero-order chi connectivity index (χ0) is 13.7. The molecule has 2 aromatic rings. The Morgan fingerprint density at radius 2 is 2.16 bits per heavy atom. The summed E-state index contributed by atoms with van der Waals surface area (Å²) in [5.74, 6) is -0.228. The lowest BCUT2D eigenvalue weighted by molar-refractivity contribution is 0.102. The smallest absolute Gasteiger partial charge is 0.255 e. The molecule has 0 fully saturated rings. The molecule has 0 spiro atoms. The first-order chi connectivity index (χ1) is 9.20. The summed E-state index contributed by atoms with van der Waals surface area (Å²) in [5.41, 5.74) is 1.77. The fourth-order valence-corrected chi connectivity index (χ4v) is 1.94. The van der Waals surface area contributed by atoms with Gasteiger partial charge in [-0.1, -0.05) is 12.1 Å². The van der Waals surface area contributed by atoms with E-state index in [1.165, 1.54) is 6.20 Å². The van der Waals surface area contributed by atoms with Crippen LogP contribution in [-0.4, -0.2) is 10.9 Å². The molecule has 1 heterocycles. The van der Waals surface area contributed by atoms with Crippen molar-refractivity contribution in [2.45, 2.75) is 6.42 Å². The summed E-state index contributed by atoms with van der Waals surface area (Å²) in [5, 5.41) is 11.4. The maximum absolute atomic E-state index is 12.1. The largest absolute Gasteiger partial charge is 0.321 e. The van der Waals surface area contributed by atoms with Gasteiger partial charge in [0, 0.05) is 16.2 Å². The van der Waals surface area contributed by atoms with E-state index in [2.05, 4.69) is 26.2 Å². The molecule has 1 aromatic carbocycles. The lowest BCUT2D eigenvalue weighted by atomic mass is 10.2. The van der Waals surface area contributed by atoms with Crippen molar-refractivity contribution in [1.82, 2.24) is 4.98 Å². The van der Waals surface area contributed by atoms with Gasteiger partial charge in [-0.25, -0.2) is 0 Å². The number of para-hydroxylation sites is 1. The van der Waals surface area contributed by atoms with Crippen LogP contribution in [0.5, 0.6) is 0 Å². The molecule has 0 saturated carbocycles. The maximum atomic E-state index is 12.1. The van der Waals surface area contributed by atoms with Gasteiger partial charge in [-0.15, -0.1) is 0 Å². The van der Waals surface area contributed by atoms with Gasteiger partial charge >= 0.3 is 0 Å². The second-order valence-electron chi connectivity index (χ2n) is 3.80. The highest BCUT2D eigenvalue weighted by atomic mass is 79.9. The van der Waals surface area contributed by atoms with Gasteiger partial charge in [0.2, 0.25) is 0 Å². The first-order valence-corrected chi connectivity index (χ1v) is 6.38. The lowest BCUT2D eigenvalue weighted by Crippen LogP contribution is -2.12. The predicted octanol–water partition coefficient (Wildman–Crippen LogP) is 3.16. The van der Waals surface area contributed by atoms with E-state index >= 15 is 0 Å². The third kappa shape index (κ3) is 3.39. The first-order valence-electron chi connectivity index (χ1n) is 5.58. The fraction of sp³-hybridized carbons (Fsp3) is 0.0714. The Hall–Kier alpha value is -2.19. The number of aromatic nitrogens is 1. The Kier molecular flexibility index (Phi) is 4.26. The van der Waals surface area contributed by atoms with Crippen LogP contribution in [-0.2, 0) is 6.42 Å². The topological polar surface area (TPSA) is 65.8 Å². The second-order valence-corrected chi connectivity index (χ2v) is 4.66. The van der Waals surface area contributed by atoms with E-state index in [4.69, 9.17) is 5.26 Å². The van der Waals surface area contributed by atoms with Gasteiger partial charge in [0.1, 0.15) is 0 Å². The van der Waals surface area contributed by atoms with Gasteiger partial charge in [-0.05, 0) is 40.2 Å².